The standard InChI is InChI=1S/C15H14BrNO2/c16-14-8-6-13(7-9-14)15(17-18)11-19-10-12-4-2-1-3-5-12/h1-9,15H,10-11H2. The summed E-state index contributed by atoms with van der Waals surface area (Å²) in [6, 6.07) is 16.9. The Kier molecular flexibility index (Phi) is 5.24. The number of ether oxygens (including phenoxy) is 1. The monoisotopic (exact) mass is 319 g/mol. The van der Waals surface area contributed by atoms with Gasteiger partial charge in [0.25, 0.3) is 0 Å². The Morgan fingerprint density at radius 2 is 1.74 bits per heavy atom. The fourth-order valence-electron chi connectivity index (χ4n) is 1.74. The van der Waals surface area contributed by atoms with Gasteiger partial charge in [0, 0.05) is 4.47 Å². The molecule has 3 nitrogen and oxygen atoms in total. The molecule has 0 amide bonds. The van der Waals surface area contributed by atoms with Crippen LogP contribution in [0.4, 0.5) is 0 Å². The van der Waals surface area contributed by atoms with Crippen LogP contribution in [0.5, 0.6) is 0 Å². The van der Waals surface area contributed by atoms with Gasteiger partial charge in [-0.1, -0.05) is 63.6 Å². The minimum atomic E-state index is -0.461. The van der Waals surface area contributed by atoms with Crippen LogP contribution in [0.3, 0.4) is 0 Å². The van der Waals surface area contributed by atoms with Crippen molar-refractivity contribution in [3.63, 3.8) is 0 Å². The molecule has 0 fully saturated rings. The van der Waals surface area contributed by atoms with Crippen molar-refractivity contribution in [2.75, 3.05) is 6.61 Å². The first-order valence-corrected chi connectivity index (χ1v) is 6.78. The first-order chi connectivity index (χ1) is 9.29. The van der Waals surface area contributed by atoms with Gasteiger partial charge in [0.05, 0.1) is 13.2 Å². The van der Waals surface area contributed by atoms with E-state index >= 15 is 0 Å². The quantitative estimate of drug-likeness (QED) is 0.736. The number of nitroso groups, excluding NO2 is 1. The fourth-order valence-corrected chi connectivity index (χ4v) is 2.00. The topological polar surface area (TPSA) is 38.7 Å². The number of nitrogens with zero attached hydrogens (tertiary/aromatic N) is 1. The second-order valence-corrected chi connectivity index (χ2v) is 5.09. The Morgan fingerprint density at radius 3 is 2.37 bits per heavy atom. The Bertz CT molecular complexity index is 513. The summed E-state index contributed by atoms with van der Waals surface area (Å²) in [6.07, 6.45) is 0. The Morgan fingerprint density at radius 1 is 1.05 bits per heavy atom. The van der Waals surface area contributed by atoms with Gasteiger partial charge in [0.1, 0.15) is 6.04 Å². The van der Waals surface area contributed by atoms with Gasteiger partial charge in [-0.25, -0.2) is 0 Å². The van der Waals surface area contributed by atoms with E-state index in [2.05, 4.69) is 21.1 Å². The van der Waals surface area contributed by atoms with E-state index in [0.29, 0.717) is 13.2 Å². The molecule has 0 radical (unpaired) electrons. The zero-order valence-electron chi connectivity index (χ0n) is 10.3. The predicted molar refractivity (Wildman–Crippen MR) is 78.8 cm³/mol. The molecular formula is C15H14BrNO2. The number of halogens is 1. The summed E-state index contributed by atoms with van der Waals surface area (Å²) in [7, 11) is 0. The van der Waals surface area contributed by atoms with Gasteiger partial charge in [-0.15, -0.1) is 0 Å². The summed E-state index contributed by atoms with van der Waals surface area (Å²) in [6.45, 7) is 0.781. The maximum Gasteiger partial charge on any atom is 0.140 e. The van der Waals surface area contributed by atoms with Gasteiger partial charge in [-0.05, 0) is 23.3 Å². The van der Waals surface area contributed by atoms with Gasteiger partial charge >= 0.3 is 0 Å². The van der Waals surface area contributed by atoms with E-state index < -0.39 is 6.04 Å². The highest BCUT2D eigenvalue weighted by molar-refractivity contribution is 9.10. The maximum atomic E-state index is 10.9. The Hall–Kier alpha value is -1.52. The van der Waals surface area contributed by atoms with Crippen LogP contribution >= 0.6 is 15.9 Å². The first-order valence-electron chi connectivity index (χ1n) is 5.99. The molecule has 0 aromatic heterocycles. The summed E-state index contributed by atoms with van der Waals surface area (Å²) < 4.78 is 6.53. The van der Waals surface area contributed by atoms with Crippen LogP contribution in [-0.4, -0.2) is 6.61 Å². The number of hydrogen-bond donors (Lipinski definition) is 0. The van der Waals surface area contributed by atoms with E-state index in [0.717, 1.165) is 15.6 Å². The van der Waals surface area contributed by atoms with Crippen LogP contribution in [0.1, 0.15) is 17.2 Å². The van der Waals surface area contributed by atoms with E-state index in [9.17, 15) is 4.91 Å². The third-order valence-corrected chi connectivity index (χ3v) is 3.30. The molecule has 4 heteroatoms. The lowest BCUT2D eigenvalue weighted by Gasteiger charge is -2.10. The third-order valence-electron chi connectivity index (χ3n) is 2.77. The molecule has 0 aliphatic heterocycles. The van der Waals surface area contributed by atoms with Gasteiger partial charge in [0.15, 0.2) is 0 Å². The largest absolute Gasteiger partial charge is 0.374 e. The summed E-state index contributed by atoms with van der Waals surface area (Å²) in [5.41, 5.74) is 1.95. The highest BCUT2D eigenvalue weighted by Crippen LogP contribution is 2.20. The van der Waals surface area contributed by atoms with Crippen molar-refractivity contribution < 1.29 is 4.74 Å². The normalized spacial score (nSPS) is 12.1. The van der Waals surface area contributed by atoms with Crippen LogP contribution in [0.2, 0.25) is 0 Å². The average Bonchev–Trinajstić information content (AvgIpc) is 2.46. The van der Waals surface area contributed by atoms with Crippen molar-refractivity contribution in [1.82, 2.24) is 0 Å². The molecule has 1 unspecified atom stereocenters. The molecule has 0 aliphatic carbocycles. The molecular weight excluding hydrogens is 306 g/mol. The molecule has 19 heavy (non-hydrogen) atoms. The average molecular weight is 320 g/mol. The maximum absolute atomic E-state index is 10.9. The van der Waals surface area contributed by atoms with Crippen molar-refractivity contribution in [1.29, 1.82) is 0 Å². The zero-order valence-corrected chi connectivity index (χ0v) is 11.9. The Labute approximate surface area is 120 Å². The molecule has 0 saturated carbocycles. The predicted octanol–water partition coefficient (Wildman–Crippen LogP) is 4.47. The third kappa shape index (κ3) is 4.26. The smallest absolute Gasteiger partial charge is 0.140 e. The molecule has 0 saturated heterocycles. The van der Waals surface area contributed by atoms with Crippen molar-refractivity contribution in [3.8, 4) is 0 Å². The van der Waals surface area contributed by atoms with E-state index in [1.807, 2.05) is 54.6 Å². The second kappa shape index (κ2) is 7.16. The molecule has 1 atom stereocenters. The summed E-state index contributed by atoms with van der Waals surface area (Å²) in [5.74, 6) is 0. The number of rotatable bonds is 6. The zero-order chi connectivity index (χ0) is 13.5. The molecule has 98 valence electrons. The van der Waals surface area contributed by atoms with Gasteiger partial charge in [-0.3, -0.25) is 0 Å². The molecule has 0 bridgehead atoms. The first kappa shape index (κ1) is 13.9. The second-order valence-electron chi connectivity index (χ2n) is 4.17. The molecule has 2 aromatic rings. The van der Waals surface area contributed by atoms with Crippen LogP contribution in [0.15, 0.2) is 64.2 Å². The molecule has 2 aromatic carbocycles. The van der Waals surface area contributed by atoms with Crippen LogP contribution in [0.25, 0.3) is 0 Å². The summed E-state index contributed by atoms with van der Waals surface area (Å²) in [5, 5.41) is 3.13. The minimum Gasteiger partial charge on any atom is -0.374 e. The molecule has 0 N–H and O–H groups in total. The van der Waals surface area contributed by atoms with E-state index in [1.54, 1.807) is 0 Å². The van der Waals surface area contributed by atoms with Crippen molar-refractivity contribution in [3.05, 3.63) is 75.1 Å². The summed E-state index contributed by atoms with van der Waals surface area (Å²) >= 11 is 3.36. The highest BCUT2D eigenvalue weighted by atomic mass is 79.9. The van der Waals surface area contributed by atoms with E-state index in [4.69, 9.17) is 4.74 Å². The van der Waals surface area contributed by atoms with Gasteiger partial charge < -0.3 is 4.74 Å². The fraction of sp³-hybridized carbons (Fsp3) is 0.200. The van der Waals surface area contributed by atoms with Crippen molar-refractivity contribution in [2.24, 2.45) is 5.18 Å². The van der Waals surface area contributed by atoms with Crippen molar-refractivity contribution in [2.45, 2.75) is 12.6 Å². The Balaban J connectivity index is 1.89. The molecule has 0 aliphatic rings. The lowest BCUT2D eigenvalue weighted by molar-refractivity contribution is 0.108. The van der Waals surface area contributed by atoms with Crippen molar-refractivity contribution >= 4 is 15.9 Å². The SMILES string of the molecule is O=NC(COCc1ccccc1)c1ccc(Br)cc1. The molecule has 2 rings (SSSR count). The highest BCUT2D eigenvalue weighted by Gasteiger charge is 2.11. The summed E-state index contributed by atoms with van der Waals surface area (Å²) in [4.78, 5) is 10.9. The lowest BCUT2D eigenvalue weighted by Crippen LogP contribution is -2.05. The van der Waals surface area contributed by atoms with Crippen LogP contribution in [0, 0.1) is 4.91 Å². The van der Waals surface area contributed by atoms with E-state index in [-0.39, 0.29) is 0 Å². The van der Waals surface area contributed by atoms with Gasteiger partial charge in [-0.2, -0.15) is 4.91 Å². The van der Waals surface area contributed by atoms with Crippen LogP contribution in [-0.2, 0) is 11.3 Å². The number of hydrogen-bond acceptors (Lipinski definition) is 3. The van der Waals surface area contributed by atoms with E-state index in [1.165, 1.54) is 0 Å². The molecule has 0 heterocycles. The molecule has 0 spiro atoms. The van der Waals surface area contributed by atoms with Crippen LogP contribution < -0.4 is 0 Å². The lowest BCUT2D eigenvalue weighted by atomic mass is 10.1. The minimum absolute atomic E-state index is 0.292. The number of benzene rings is 2. The van der Waals surface area contributed by atoms with Gasteiger partial charge in [0.2, 0.25) is 0 Å².